The Morgan fingerprint density at radius 2 is 1.85 bits per heavy atom. The van der Waals surface area contributed by atoms with Gasteiger partial charge >= 0.3 is 5.97 Å². The number of esters is 1. The van der Waals surface area contributed by atoms with Gasteiger partial charge < -0.3 is 4.74 Å². The van der Waals surface area contributed by atoms with Crippen molar-refractivity contribution in [2.24, 2.45) is 0 Å². The zero-order chi connectivity index (χ0) is 14.5. The number of hydrogen-bond donors (Lipinski definition) is 0. The highest BCUT2D eigenvalue weighted by Crippen LogP contribution is 2.13. The number of halogens is 1. The van der Waals surface area contributed by atoms with Crippen LogP contribution in [0.15, 0.2) is 53.3 Å². The van der Waals surface area contributed by atoms with Crippen LogP contribution in [0.5, 0.6) is 0 Å². The lowest BCUT2D eigenvalue weighted by atomic mass is 10.1. The van der Waals surface area contributed by atoms with Crippen LogP contribution < -0.4 is 0 Å². The fourth-order valence-corrected chi connectivity index (χ4v) is 1.88. The van der Waals surface area contributed by atoms with Crippen LogP contribution in [-0.2, 0) is 4.74 Å². The van der Waals surface area contributed by atoms with E-state index in [0.29, 0.717) is 11.1 Å². The second-order valence-corrected chi connectivity index (χ2v) is 5.08. The Morgan fingerprint density at radius 1 is 1.15 bits per heavy atom. The van der Waals surface area contributed by atoms with E-state index >= 15 is 0 Å². The molecule has 0 bridgehead atoms. The van der Waals surface area contributed by atoms with Crippen LogP contribution in [0.1, 0.15) is 27.6 Å². The smallest absolute Gasteiger partial charge is 0.340 e. The molecule has 4 nitrogen and oxygen atoms in total. The van der Waals surface area contributed by atoms with Gasteiger partial charge in [-0.1, -0.05) is 28.1 Å². The fraction of sp³-hybridized carbons (Fsp3) is 0.133. The molecular formula is C15H12BrNO3. The molecule has 2 aromatic rings. The number of carbonyl (C=O) groups is 2. The topological polar surface area (TPSA) is 56.3 Å². The van der Waals surface area contributed by atoms with Crippen LogP contribution in [0, 0.1) is 0 Å². The molecule has 0 fully saturated rings. The average Bonchev–Trinajstić information content (AvgIpc) is 2.48. The molecule has 0 aliphatic rings. The second kappa shape index (κ2) is 6.43. The van der Waals surface area contributed by atoms with Crippen molar-refractivity contribution in [1.29, 1.82) is 0 Å². The Kier molecular flexibility index (Phi) is 4.63. The summed E-state index contributed by atoms with van der Waals surface area (Å²) in [5.41, 5.74) is 0.822. The van der Waals surface area contributed by atoms with Crippen molar-refractivity contribution in [3.8, 4) is 0 Å². The maximum absolute atomic E-state index is 12.1. The van der Waals surface area contributed by atoms with E-state index in [0.717, 1.165) is 4.47 Å². The molecule has 1 atom stereocenters. The predicted molar refractivity (Wildman–Crippen MR) is 77.6 cm³/mol. The van der Waals surface area contributed by atoms with E-state index in [-0.39, 0.29) is 5.78 Å². The highest BCUT2D eigenvalue weighted by atomic mass is 79.9. The third-order valence-corrected chi connectivity index (χ3v) is 3.21. The van der Waals surface area contributed by atoms with Crippen LogP contribution in [0.4, 0.5) is 0 Å². The normalized spacial score (nSPS) is 11.7. The Labute approximate surface area is 124 Å². The van der Waals surface area contributed by atoms with Gasteiger partial charge in [0.2, 0.25) is 5.78 Å². The molecule has 1 aromatic heterocycles. The monoisotopic (exact) mass is 333 g/mol. The number of hydrogen-bond acceptors (Lipinski definition) is 4. The van der Waals surface area contributed by atoms with E-state index in [1.165, 1.54) is 6.20 Å². The summed E-state index contributed by atoms with van der Waals surface area (Å²) in [6.07, 6.45) is 2.12. The van der Waals surface area contributed by atoms with E-state index in [9.17, 15) is 9.59 Å². The second-order valence-electron chi connectivity index (χ2n) is 4.16. The number of ether oxygens (including phenoxy) is 1. The number of aromatic nitrogens is 1. The van der Waals surface area contributed by atoms with Crippen LogP contribution in [-0.4, -0.2) is 22.8 Å². The summed E-state index contributed by atoms with van der Waals surface area (Å²) in [5, 5.41) is 0. The van der Waals surface area contributed by atoms with Gasteiger partial charge in [-0.15, -0.1) is 0 Å². The molecule has 2 rings (SSSR count). The maximum atomic E-state index is 12.1. The minimum Gasteiger partial charge on any atom is -0.451 e. The highest BCUT2D eigenvalue weighted by molar-refractivity contribution is 9.10. The molecule has 0 saturated carbocycles. The van der Waals surface area contributed by atoms with Crippen molar-refractivity contribution >= 4 is 27.7 Å². The molecule has 20 heavy (non-hydrogen) atoms. The van der Waals surface area contributed by atoms with E-state index in [1.807, 2.05) is 0 Å². The van der Waals surface area contributed by atoms with Gasteiger partial charge in [0, 0.05) is 22.4 Å². The van der Waals surface area contributed by atoms with Crippen LogP contribution in [0.2, 0.25) is 0 Å². The van der Waals surface area contributed by atoms with E-state index in [4.69, 9.17) is 4.74 Å². The first-order valence-corrected chi connectivity index (χ1v) is 6.78. The van der Waals surface area contributed by atoms with Crippen molar-refractivity contribution in [3.05, 3.63) is 64.4 Å². The minimum atomic E-state index is -0.844. The van der Waals surface area contributed by atoms with Gasteiger partial charge in [0.05, 0.1) is 5.56 Å². The summed E-state index contributed by atoms with van der Waals surface area (Å²) >= 11 is 3.30. The zero-order valence-corrected chi connectivity index (χ0v) is 12.3. The first-order valence-electron chi connectivity index (χ1n) is 5.98. The summed E-state index contributed by atoms with van der Waals surface area (Å²) < 4.78 is 6.03. The van der Waals surface area contributed by atoms with Crippen molar-refractivity contribution in [3.63, 3.8) is 0 Å². The molecule has 0 aliphatic carbocycles. The molecule has 0 aliphatic heterocycles. The molecule has 1 aromatic carbocycles. The fourth-order valence-electron chi connectivity index (χ4n) is 1.61. The number of ketones is 1. The minimum absolute atomic E-state index is 0.241. The summed E-state index contributed by atoms with van der Waals surface area (Å²) in [6.45, 7) is 1.55. The van der Waals surface area contributed by atoms with Crippen LogP contribution in [0.25, 0.3) is 0 Å². The Bertz CT molecular complexity index is 611. The lowest BCUT2D eigenvalue weighted by molar-refractivity contribution is 0.0318. The van der Waals surface area contributed by atoms with Crippen molar-refractivity contribution in [2.75, 3.05) is 0 Å². The number of Topliss-reactive ketones (excluding diaryl/α,β-unsaturated/α-hetero) is 1. The first kappa shape index (κ1) is 14.4. The molecule has 0 amide bonds. The summed E-state index contributed by atoms with van der Waals surface area (Å²) in [6, 6.07) is 10.1. The summed E-state index contributed by atoms with van der Waals surface area (Å²) in [7, 11) is 0. The lowest BCUT2D eigenvalue weighted by Gasteiger charge is -2.12. The van der Waals surface area contributed by atoms with E-state index < -0.39 is 12.1 Å². The molecule has 102 valence electrons. The van der Waals surface area contributed by atoms with E-state index in [1.54, 1.807) is 49.5 Å². The third kappa shape index (κ3) is 3.51. The largest absolute Gasteiger partial charge is 0.451 e. The van der Waals surface area contributed by atoms with Gasteiger partial charge in [-0.2, -0.15) is 0 Å². The highest BCUT2D eigenvalue weighted by Gasteiger charge is 2.20. The number of benzene rings is 1. The Morgan fingerprint density at radius 3 is 2.45 bits per heavy atom. The predicted octanol–water partition coefficient (Wildman–Crippen LogP) is 3.27. The molecule has 0 radical (unpaired) electrons. The van der Waals surface area contributed by atoms with Crippen molar-refractivity contribution in [1.82, 2.24) is 4.98 Å². The standard InChI is InChI=1S/C15H12BrNO3/c1-10(14(18)11-4-6-13(16)7-5-11)20-15(19)12-3-2-8-17-9-12/h2-10H,1H3/t10-/m0/s1. The van der Waals surface area contributed by atoms with Crippen molar-refractivity contribution in [2.45, 2.75) is 13.0 Å². The Balaban J connectivity index is 2.05. The van der Waals surface area contributed by atoms with Crippen LogP contribution >= 0.6 is 15.9 Å². The number of rotatable bonds is 4. The average molecular weight is 334 g/mol. The van der Waals surface area contributed by atoms with Gasteiger partial charge in [0.1, 0.15) is 0 Å². The van der Waals surface area contributed by atoms with Gasteiger partial charge in [-0.05, 0) is 31.2 Å². The summed E-state index contributed by atoms with van der Waals surface area (Å²) in [5.74, 6) is -0.800. The van der Waals surface area contributed by atoms with Gasteiger partial charge in [0.25, 0.3) is 0 Å². The molecule has 0 N–H and O–H groups in total. The number of pyridine rings is 1. The zero-order valence-electron chi connectivity index (χ0n) is 10.7. The molecule has 5 heteroatoms. The SMILES string of the molecule is C[C@H](OC(=O)c1cccnc1)C(=O)c1ccc(Br)cc1. The maximum Gasteiger partial charge on any atom is 0.340 e. The quantitative estimate of drug-likeness (QED) is 0.636. The lowest BCUT2D eigenvalue weighted by Crippen LogP contribution is -2.24. The molecule has 0 saturated heterocycles. The number of nitrogens with zero attached hydrogens (tertiary/aromatic N) is 1. The molecular weight excluding hydrogens is 322 g/mol. The van der Waals surface area contributed by atoms with Gasteiger partial charge in [0.15, 0.2) is 6.10 Å². The Hall–Kier alpha value is -2.01. The van der Waals surface area contributed by atoms with Crippen molar-refractivity contribution < 1.29 is 14.3 Å². The third-order valence-electron chi connectivity index (χ3n) is 2.68. The van der Waals surface area contributed by atoms with Crippen LogP contribution in [0.3, 0.4) is 0 Å². The molecule has 0 spiro atoms. The first-order chi connectivity index (χ1) is 9.58. The molecule has 0 unspecified atom stereocenters. The molecule has 1 heterocycles. The van der Waals surface area contributed by atoms with E-state index in [2.05, 4.69) is 20.9 Å². The van der Waals surface area contributed by atoms with Gasteiger partial charge in [-0.3, -0.25) is 9.78 Å². The summed E-state index contributed by atoms with van der Waals surface area (Å²) in [4.78, 5) is 27.8. The van der Waals surface area contributed by atoms with Gasteiger partial charge in [-0.25, -0.2) is 4.79 Å². The number of carbonyl (C=O) groups excluding carboxylic acids is 2.